The summed E-state index contributed by atoms with van der Waals surface area (Å²) in [6.45, 7) is 11.7. The fourth-order valence-electron chi connectivity index (χ4n) is 5.03. The quantitative estimate of drug-likeness (QED) is 0.330. The summed E-state index contributed by atoms with van der Waals surface area (Å²) in [4.78, 5) is 13.7. The Labute approximate surface area is 231 Å². The van der Waals surface area contributed by atoms with Gasteiger partial charge >= 0.3 is 0 Å². The first kappa shape index (κ1) is 28.2. The van der Waals surface area contributed by atoms with Crippen LogP contribution in [0.3, 0.4) is 0 Å². The molecule has 0 amide bonds. The minimum Gasteiger partial charge on any atom is -0.494 e. The number of aromatic nitrogens is 2. The molecule has 1 aliphatic heterocycles. The molecule has 1 atom stereocenters. The van der Waals surface area contributed by atoms with Crippen LogP contribution < -0.4 is 25.6 Å². The highest BCUT2D eigenvalue weighted by molar-refractivity contribution is 7.70. The third kappa shape index (κ3) is 5.93. The van der Waals surface area contributed by atoms with Crippen LogP contribution in [0.4, 0.5) is 28.8 Å². The third-order valence-electron chi connectivity index (χ3n) is 7.24. The number of anilines is 5. The first-order valence-electron chi connectivity index (χ1n) is 12.7. The van der Waals surface area contributed by atoms with Crippen molar-refractivity contribution in [1.82, 2.24) is 14.9 Å². The average molecular weight is 557 g/mol. The molecule has 4 rings (SSSR count). The summed E-state index contributed by atoms with van der Waals surface area (Å²) in [7, 11) is 3.36. The summed E-state index contributed by atoms with van der Waals surface area (Å²) in [6, 6.07) is 8.60. The molecule has 0 radical (unpaired) electrons. The molecule has 8 nitrogen and oxygen atoms in total. The van der Waals surface area contributed by atoms with E-state index in [1.807, 2.05) is 26.0 Å². The van der Waals surface area contributed by atoms with Gasteiger partial charge in [0.05, 0.1) is 24.7 Å². The third-order valence-corrected chi connectivity index (χ3v) is 9.17. The number of nitrogens with zero attached hydrogens (tertiary/aromatic N) is 4. The largest absolute Gasteiger partial charge is 0.494 e. The van der Waals surface area contributed by atoms with E-state index in [1.54, 1.807) is 26.6 Å². The molecular weight excluding hydrogens is 519 g/mol. The van der Waals surface area contributed by atoms with Gasteiger partial charge in [-0.15, -0.1) is 0 Å². The Morgan fingerprint density at radius 3 is 2.47 bits per heavy atom. The molecule has 2 N–H and O–H groups in total. The van der Waals surface area contributed by atoms with E-state index < -0.39 is 7.14 Å². The van der Waals surface area contributed by atoms with Gasteiger partial charge in [0.25, 0.3) is 0 Å². The summed E-state index contributed by atoms with van der Waals surface area (Å²) < 4.78 is 18.9. The van der Waals surface area contributed by atoms with Crippen molar-refractivity contribution in [2.75, 3.05) is 63.2 Å². The van der Waals surface area contributed by atoms with Gasteiger partial charge in [0.15, 0.2) is 5.82 Å². The van der Waals surface area contributed by atoms with Gasteiger partial charge in [-0.3, -0.25) is 0 Å². The maximum atomic E-state index is 13.1. The maximum Gasteiger partial charge on any atom is 0.229 e. The number of hydrogen-bond acceptors (Lipinski definition) is 8. The topological polar surface area (TPSA) is 82.6 Å². The predicted octanol–water partition coefficient (Wildman–Crippen LogP) is 5.94. The number of likely N-dealkylation sites (N-methyl/N-ethyl adjacent to an activating group) is 1. The summed E-state index contributed by atoms with van der Waals surface area (Å²) in [6.07, 6.45) is 2.69. The van der Waals surface area contributed by atoms with Crippen molar-refractivity contribution in [3.05, 3.63) is 52.2 Å². The standard InChI is InChI=1S/C28H38ClN6O2P/c1-17-9-10-22(26(19(17)3)38(7,8)36)31-27-21(29)15-30-28(33-27)32-23-13-18(2)24(14-25(23)37-6)35-12-11-20(16-35)34(4)5/h9-10,13-15,20H,11-12,16H2,1-8H3,(H2,30,31,32,33)/t20-/m1/s1. The zero-order valence-corrected chi connectivity index (χ0v) is 25.2. The fourth-order valence-corrected chi connectivity index (χ4v) is 6.86. The van der Waals surface area contributed by atoms with Crippen LogP contribution in [0.25, 0.3) is 0 Å². The first-order valence-corrected chi connectivity index (χ1v) is 15.7. The Hall–Kier alpha value is -2.80. The molecule has 0 spiro atoms. The van der Waals surface area contributed by atoms with E-state index in [2.05, 4.69) is 63.6 Å². The zero-order chi connectivity index (χ0) is 27.8. The van der Waals surface area contributed by atoms with Crippen molar-refractivity contribution < 1.29 is 9.30 Å². The lowest BCUT2D eigenvalue weighted by molar-refractivity contribution is 0.315. The second-order valence-corrected chi connectivity index (χ2v) is 14.1. The maximum absolute atomic E-state index is 13.1. The minimum atomic E-state index is -2.57. The number of methoxy groups -OCH3 is 1. The molecule has 0 aliphatic carbocycles. The van der Waals surface area contributed by atoms with Crippen LogP contribution in [-0.2, 0) is 4.57 Å². The van der Waals surface area contributed by atoms with E-state index in [0.29, 0.717) is 28.6 Å². The Bertz CT molecular complexity index is 1390. The van der Waals surface area contributed by atoms with Gasteiger partial charge in [0, 0.05) is 36.2 Å². The summed E-state index contributed by atoms with van der Waals surface area (Å²) in [5, 5.41) is 7.77. The van der Waals surface area contributed by atoms with Crippen molar-refractivity contribution in [1.29, 1.82) is 0 Å². The predicted molar refractivity (Wildman–Crippen MR) is 161 cm³/mol. The molecular formula is C28H38ClN6O2P. The van der Waals surface area contributed by atoms with Gasteiger partial charge < -0.3 is 29.7 Å². The average Bonchev–Trinajstić information content (AvgIpc) is 3.33. The molecule has 1 aliphatic rings. The van der Waals surface area contributed by atoms with Crippen LogP contribution >= 0.6 is 18.7 Å². The smallest absolute Gasteiger partial charge is 0.229 e. The van der Waals surface area contributed by atoms with Gasteiger partial charge in [-0.1, -0.05) is 17.7 Å². The van der Waals surface area contributed by atoms with Crippen molar-refractivity contribution in [2.45, 2.75) is 33.2 Å². The van der Waals surface area contributed by atoms with E-state index >= 15 is 0 Å². The number of benzene rings is 2. The molecule has 0 unspecified atom stereocenters. The molecule has 1 aromatic heterocycles. The van der Waals surface area contributed by atoms with Gasteiger partial charge in [0.1, 0.15) is 17.9 Å². The van der Waals surface area contributed by atoms with E-state index in [-0.39, 0.29) is 0 Å². The van der Waals surface area contributed by atoms with E-state index in [9.17, 15) is 4.57 Å². The highest BCUT2D eigenvalue weighted by atomic mass is 35.5. The molecule has 3 aromatic rings. The monoisotopic (exact) mass is 556 g/mol. The highest BCUT2D eigenvalue weighted by Gasteiger charge is 2.26. The summed E-state index contributed by atoms with van der Waals surface area (Å²) in [5.41, 5.74) is 5.89. The van der Waals surface area contributed by atoms with Gasteiger partial charge in [-0.2, -0.15) is 4.98 Å². The molecule has 2 aromatic carbocycles. The number of halogens is 1. The van der Waals surface area contributed by atoms with E-state index in [0.717, 1.165) is 52.9 Å². The number of hydrogen-bond donors (Lipinski definition) is 2. The fraction of sp³-hybridized carbons (Fsp3) is 0.429. The normalized spacial score (nSPS) is 15.7. The minimum absolute atomic E-state index is 0.365. The summed E-state index contributed by atoms with van der Waals surface area (Å²) >= 11 is 6.48. The van der Waals surface area contributed by atoms with Crippen LogP contribution in [0.15, 0.2) is 30.5 Å². The van der Waals surface area contributed by atoms with Gasteiger partial charge in [0.2, 0.25) is 5.95 Å². The Morgan fingerprint density at radius 1 is 1.11 bits per heavy atom. The molecule has 10 heteroatoms. The van der Waals surface area contributed by atoms with Crippen LogP contribution in [0.1, 0.15) is 23.1 Å². The van der Waals surface area contributed by atoms with E-state index in [1.165, 1.54) is 5.69 Å². The van der Waals surface area contributed by atoms with Crippen molar-refractivity contribution in [3.8, 4) is 5.75 Å². The van der Waals surface area contributed by atoms with Crippen LogP contribution in [0.5, 0.6) is 5.75 Å². The molecule has 1 saturated heterocycles. The van der Waals surface area contributed by atoms with Crippen molar-refractivity contribution in [2.24, 2.45) is 0 Å². The molecule has 2 heterocycles. The lowest BCUT2D eigenvalue weighted by Gasteiger charge is -2.24. The number of nitrogens with one attached hydrogen (secondary N) is 2. The Balaban J connectivity index is 1.63. The number of ether oxygens (including phenoxy) is 1. The van der Waals surface area contributed by atoms with Gasteiger partial charge in [-0.05, 0) is 83.4 Å². The second-order valence-electron chi connectivity index (χ2n) is 10.6. The van der Waals surface area contributed by atoms with E-state index in [4.69, 9.17) is 16.3 Å². The van der Waals surface area contributed by atoms with Crippen LogP contribution in [0.2, 0.25) is 5.02 Å². The number of rotatable bonds is 8. The second kappa shape index (κ2) is 11.1. The lowest BCUT2D eigenvalue weighted by atomic mass is 10.1. The Morgan fingerprint density at radius 2 is 1.84 bits per heavy atom. The zero-order valence-electron chi connectivity index (χ0n) is 23.5. The van der Waals surface area contributed by atoms with Crippen LogP contribution in [0, 0.1) is 20.8 Å². The molecule has 38 heavy (non-hydrogen) atoms. The van der Waals surface area contributed by atoms with Crippen LogP contribution in [-0.4, -0.2) is 68.5 Å². The molecule has 1 fully saturated rings. The lowest BCUT2D eigenvalue weighted by Crippen LogP contribution is -2.31. The van der Waals surface area contributed by atoms with Crippen molar-refractivity contribution in [3.63, 3.8) is 0 Å². The first-order chi connectivity index (χ1) is 17.9. The molecule has 204 valence electrons. The summed E-state index contributed by atoms with van der Waals surface area (Å²) in [5.74, 6) is 1.51. The Kier molecular flexibility index (Phi) is 8.26. The highest BCUT2D eigenvalue weighted by Crippen LogP contribution is 2.41. The van der Waals surface area contributed by atoms with Gasteiger partial charge in [-0.25, -0.2) is 4.98 Å². The molecule has 0 saturated carbocycles. The molecule has 0 bridgehead atoms. The number of aryl methyl sites for hydroxylation is 2. The van der Waals surface area contributed by atoms with Crippen molar-refractivity contribution >= 4 is 52.9 Å². The SMILES string of the molecule is COc1cc(N2CC[C@@H](N(C)C)C2)c(C)cc1Nc1ncc(Cl)c(Nc2ccc(C)c(C)c2P(C)(C)=O)n1.